The third kappa shape index (κ3) is 3.72. The van der Waals surface area contributed by atoms with E-state index in [9.17, 15) is 4.79 Å². The van der Waals surface area contributed by atoms with E-state index in [-0.39, 0.29) is 5.91 Å². The molecule has 0 heterocycles. The van der Waals surface area contributed by atoms with E-state index in [2.05, 4.69) is 10.6 Å². The molecule has 0 bridgehead atoms. The fraction of sp³-hybridized carbons (Fsp3) is 0.889. The second-order valence-corrected chi connectivity index (χ2v) is 3.78. The molecule has 0 aromatic carbocycles. The molecule has 0 fully saturated rings. The molecule has 3 nitrogen and oxygen atoms in total. The molecular weight excluding hydrogens is 152 g/mol. The molecule has 72 valence electrons. The summed E-state index contributed by atoms with van der Waals surface area (Å²) in [5, 5.41) is 5.98. The first-order valence-electron chi connectivity index (χ1n) is 4.46. The highest BCUT2D eigenvalue weighted by Gasteiger charge is 2.26. The number of carbonyl (C=O) groups excluding carboxylic acids is 1. The van der Waals surface area contributed by atoms with Gasteiger partial charge in [0.15, 0.2) is 0 Å². The number of rotatable bonds is 4. The Labute approximate surface area is 74.9 Å². The number of amides is 1. The number of likely N-dealkylation sites (N-methyl/N-ethyl adjacent to an activating group) is 1. The van der Waals surface area contributed by atoms with Crippen LogP contribution in [0, 0.1) is 0 Å². The fourth-order valence-corrected chi connectivity index (χ4v) is 1.17. The van der Waals surface area contributed by atoms with E-state index in [4.69, 9.17) is 0 Å². The molecule has 12 heavy (non-hydrogen) atoms. The number of hydrogen-bond acceptors (Lipinski definition) is 2. The lowest BCUT2D eigenvalue weighted by Gasteiger charge is -2.27. The Bertz CT molecular complexity index is 153. The van der Waals surface area contributed by atoms with Gasteiger partial charge in [0, 0.05) is 12.6 Å². The minimum absolute atomic E-state index is 0.0544. The predicted octanol–water partition coefficient (Wildman–Crippen LogP) is 0.899. The van der Waals surface area contributed by atoms with E-state index in [1.54, 1.807) is 0 Å². The summed E-state index contributed by atoms with van der Waals surface area (Å²) in [6.45, 7) is 10.4. The molecular formula is C9H20N2O. The molecule has 1 amide bonds. The Hall–Kier alpha value is -0.570. The van der Waals surface area contributed by atoms with Crippen LogP contribution in [0.5, 0.6) is 0 Å². The molecule has 0 radical (unpaired) electrons. The molecule has 0 aliphatic rings. The maximum Gasteiger partial charge on any atom is 0.239 e. The molecule has 0 rings (SSSR count). The van der Waals surface area contributed by atoms with Crippen molar-refractivity contribution in [2.24, 2.45) is 0 Å². The maximum atomic E-state index is 11.4. The number of nitrogens with one attached hydrogen (secondary N) is 2. The van der Waals surface area contributed by atoms with Crippen LogP contribution in [0.25, 0.3) is 0 Å². The van der Waals surface area contributed by atoms with Crippen LogP contribution in [0.1, 0.15) is 34.6 Å². The summed E-state index contributed by atoms with van der Waals surface area (Å²) in [7, 11) is 0. The highest BCUT2D eigenvalue weighted by atomic mass is 16.2. The predicted molar refractivity (Wildman–Crippen MR) is 51.0 cm³/mol. The van der Waals surface area contributed by atoms with Gasteiger partial charge >= 0.3 is 0 Å². The van der Waals surface area contributed by atoms with Gasteiger partial charge in [-0.3, -0.25) is 4.79 Å². The van der Waals surface area contributed by atoms with E-state index in [0.29, 0.717) is 12.6 Å². The molecule has 0 aliphatic carbocycles. The van der Waals surface area contributed by atoms with Crippen molar-refractivity contribution in [2.45, 2.75) is 46.2 Å². The Morgan fingerprint density at radius 3 is 2.25 bits per heavy atom. The minimum Gasteiger partial charge on any atom is -0.355 e. The van der Waals surface area contributed by atoms with Crippen LogP contribution in [-0.4, -0.2) is 24.0 Å². The van der Waals surface area contributed by atoms with E-state index in [1.165, 1.54) is 0 Å². The topological polar surface area (TPSA) is 41.1 Å². The first kappa shape index (κ1) is 11.4. The third-order valence-electron chi connectivity index (χ3n) is 1.55. The second kappa shape index (κ2) is 4.45. The molecule has 0 atom stereocenters. The van der Waals surface area contributed by atoms with Crippen molar-refractivity contribution in [1.82, 2.24) is 10.6 Å². The van der Waals surface area contributed by atoms with Crippen molar-refractivity contribution in [2.75, 3.05) is 6.54 Å². The normalized spacial score (nSPS) is 11.8. The van der Waals surface area contributed by atoms with Crippen LogP contribution in [-0.2, 0) is 4.79 Å². The van der Waals surface area contributed by atoms with E-state index < -0.39 is 5.54 Å². The highest BCUT2D eigenvalue weighted by molar-refractivity contribution is 5.85. The summed E-state index contributed by atoms with van der Waals surface area (Å²) in [4.78, 5) is 11.4. The van der Waals surface area contributed by atoms with Gasteiger partial charge in [-0.05, 0) is 34.6 Å². The molecule has 0 unspecified atom stereocenters. The Morgan fingerprint density at radius 2 is 1.92 bits per heavy atom. The monoisotopic (exact) mass is 172 g/mol. The average Bonchev–Trinajstić information content (AvgIpc) is 1.85. The number of carbonyl (C=O) groups is 1. The van der Waals surface area contributed by atoms with Crippen LogP contribution < -0.4 is 10.6 Å². The Kier molecular flexibility index (Phi) is 4.24. The lowest BCUT2D eigenvalue weighted by Crippen LogP contribution is -2.54. The van der Waals surface area contributed by atoms with Crippen LogP contribution in [0.3, 0.4) is 0 Å². The zero-order valence-electron chi connectivity index (χ0n) is 8.69. The van der Waals surface area contributed by atoms with Gasteiger partial charge in [-0.2, -0.15) is 0 Å². The van der Waals surface area contributed by atoms with Crippen molar-refractivity contribution in [3.63, 3.8) is 0 Å². The molecule has 0 spiro atoms. The zero-order valence-corrected chi connectivity index (χ0v) is 8.69. The van der Waals surface area contributed by atoms with Gasteiger partial charge in [-0.15, -0.1) is 0 Å². The summed E-state index contributed by atoms with van der Waals surface area (Å²) in [6, 6.07) is 0.322. The fourth-order valence-electron chi connectivity index (χ4n) is 1.17. The van der Waals surface area contributed by atoms with Gasteiger partial charge in [0.25, 0.3) is 0 Å². The molecule has 2 N–H and O–H groups in total. The van der Waals surface area contributed by atoms with E-state index >= 15 is 0 Å². The second-order valence-electron chi connectivity index (χ2n) is 3.78. The van der Waals surface area contributed by atoms with Crippen LogP contribution in [0.15, 0.2) is 0 Å². The van der Waals surface area contributed by atoms with Crippen LogP contribution in [0.4, 0.5) is 0 Å². The largest absolute Gasteiger partial charge is 0.355 e. The van der Waals surface area contributed by atoms with Crippen molar-refractivity contribution in [3.05, 3.63) is 0 Å². The van der Waals surface area contributed by atoms with Gasteiger partial charge in [0.2, 0.25) is 5.91 Å². The van der Waals surface area contributed by atoms with Gasteiger partial charge in [-0.1, -0.05) is 0 Å². The van der Waals surface area contributed by atoms with Crippen molar-refractivity contribution < 1.29 is 4.79 Å². The first-order chi connectivity index (χ1) is 5.40. The van der Waals surface area contributed by atoms with Crippen molar-refractivity contribution in [3.8, 4) is 0 Å². The summed E-state index contributed by atoms with van der Waals surface area (Å²) in [5.41, 5.74) is -0.468. The van der Waals surface area contributed by atoms with E-state index in [1.807, 2.05) is 34.6 Å². The number of hydrogen-bond donors (Lipinski definition) is 2. The lowest BCUT2D eigenvalue weighted by atomic mass is 10.0. The van der Waals surface area contributed by atoms with Crippen LogP contribution >= 0.6 is 0 Å². The molecule has 0 aromatic heterocycles. The standard InChI is InChI=1S/C9H20N2O/c1-6-10-8(12)9(4,5)11-7(2)3/h7,11H,6H2,1-5H3,(H,10,12). The maximum absolute atomic E-state index is 11.4. The zero-order chi connectivity index (χ0) is 9.78. The SMILES string of the molecule is CCNC(=O)C(C)(C)NC(C)C. The summed E-state index contributed by atoms with van der Waals surface area (Å²) >= 11 is 0. The van der Waals surface area contributed by atoms with E-state index in [0.717, 1.165) is 0 Å². The molecule has 0 aromatic rings. The minimum atomic E-state index is -0.468. The van der Waals surface area contributed by atoms with Gasteiger partial charge in [0.1, 0.15) is 0 Å². The molecule has 0 aliphatic heterocycles. The summed E-state index contributed by atoms with van der Waals surface area (Å²) in [5.74, 6) is 0.0544. The first-order valence-corrected chi connectivity index (χ1v) is 4.46. The molecule has 0 saturated carbocycles. The average molecular weight is 172 g/mol. The van der Waals surface area contributed by atoms with Gasteiger partial charge in [0.05, 0.1) is 5.54 Å². The van der Waals surface area contributed by atoms with Gasteiger partial charge in [-0.25, -0.2) is 0 Å². The summed E-state index contributed by atoms with van der Waals surface area (Å²) < 4.78 is 0. The lowest BCUT2D eigenvalue weighted by molar-refractivity contribution is -0.126. The summed E-state index contributed by atoms with van der Waals surface area (Å²) in [6.07, 6.45) is 0. The Balaban J connectivity index is 4.09. The third-order valence-corrected chi connectivity index (χ3v) is 1.55. The molecule has 0 saturated heterocycles. The Morgan fingerprint density at radius 1 is 1.42 bits per heavy atom. The van der Waals surface area contributed by atoms with Crippen molar-refractivity contribution >= 4 is 5.91 Å². The highest BCUT2D eigenvalue weighted by Crippen LogP contribution is 2.03. The molecule has 3 heteroatoms. The smallest absolute Gasteiger partial charge is 0.239 e. The van der Waals surface area contributed by atoms with Crippen LogP contribution in [0.2, 0.25) is 0 Å². The van der Waals surface area contributed by atoms with Gasteiger partial charge < -0.3 is 10.6 Å². The quantitative estimate of drug-likeness (QED) is 0.661. The van der Waals surface area contributed by atoms with Crippen molar-refractivity contribution in [1.29, 1.82) is 0 Å².